The summed E-state index contributed by atoms with van der Waals surface area (Å²) < 4.78 is 0. The molecule has 2 aliphatic rings. The molecule has 0 bridgehead atoms. The van der Waals surface area contributed by atoms with Crippen LogP contribution in [-0.2, 0) is 4.79 Å². The topological polar surface area (TPSA) is 43.8 Å². The molecule has 0 atom stereocenters. The highest BCUT2D eigenvalue weighted by molar-refractivity contribution is 5.70. The van der Waals surface area contributed by atoms with Gasteiger partial charge in [-0.15, -0.1) is 0 Å². The van der Waals surface area contributed by atoms with E-state index in [9.17, 15) is 4.79 Å². The normalized spacial score (nSPS) is 24.2. The van der Waals surface area contributed by atoms with E-state index in [1.165, 1.54) is 38.9 Å². The fourth-order valence-electron chi connectivity index (χ4n) is 2.93. The van der Waals surface area contributed by atoms with E-state index < -0.39 is 5.97 Å². The average Bonchev–Trinajstić information content (AvgIpc) is 2.83. The van der Waals surface area contributed by atoms with Crippen molar-refractivity contribution in [3.8, 4) is 0 Å². The third-order valence-corrected chi connectivity index (χ3v) is 4.08. The molecule has 0 aromatic carbocycles. The Kier molecular flexibility index (Phi) is 4.80. The Morgan fingerprint density at radius 2 is 1.53 bits per heavy atom. The summed E-state index contributed by atoms with van der Waals surface area (Å²) in [6, 6.07) is 0. The van der Waals surface area contributed by atoms with Gasteiger partial charge in [-0.3, -0.25) is 4.79 Å². The Labute approximate surface area is 104 Å². The number of piperidine rings is 1. The summed E-state index contributed by atoms with van der Waals surface area (Å²) in [6.07, 6.45) is 5.63. The molecule has 0 aliphatic carbocycles. The van der Waals surface area contributed by atoms with Gasteiger partial charge < -0.3 is 14.9 Å². The van der Waals surface area contributed by atoms with Crippen molar-refractivity contribution in [2.75, 3.05) is 39.3 Å². The second kappa shape index (κ2) is 6.36. The summed E-state index contributed by atoms with van der Waals surface area (Å²) >= 11 is 0. The van der Waals surface area contributed by atoms with Gasteiger partial charge >= 0.3 is 5.97 Å². The van der Waals surface area contributed by atoms with E-state index in [1.807, 2.05) is 0 Å². The number of rotatable bonds is 5. The molecule has 0 amide bonds. The lowest BCUT2D eigenvalue weighted by Crippen LogP contribution is -2.37. The van der Waals surface area contributed by atoms with Gasteiger partial charge in [-0.2, -0.15) is 0 Å². The molecular weight excluding hydrogens is 216 g/mol. The lowest BCUT2D eigenvalue weighted by molar-refractivity contribution is -0.143. The van der Waals surface area contributed by atoms with Gasteiger partial charge in [0, 0.05) is 0 Å². The third-order valence-electron chi connectivity index (χ3n) is 4.08. The van der Waals surface area contributed by atoms with Gasteiger partial charge in [0.1, 0.15) is 0 Å². The van der Waals surface area contributed by atoms with Gasteiger partial charge in [-0.05, 0) is 71.4 Å². The van der Waals surface area contributed by atoms with Crippen LogP contribution in [0.25, 0.3) is 0 Å². The first kappa shape index (κ1) is 12.8. The number of hydrogen-bond acceptors (Lipinski definition) is 3. The molecule has 0 spiro atoms. The number of nitrogens with zero attached hydrogens (tertiary/aromatic N) is 2. The number of likely N-dealkylation sites (tertiary alicyclic amines) is 2. The van der Waals surface area contributed by atoms with Crippen molar-refractivity contribution in [1.29, 1.82) is 0 Å². The summed E-state index contributed by atoms with van der Waals surface area (Å²) in [5.41, 5.74) is 0. The van der Waals surface area contributed by atoms with Crippen LogP contribution in [0.4, 0.5) is 0 Å². The molecule has 2 aliphatic heterocycles. The van der Waals surface area contributed by atoms with Crippen LogP contribution in [0.15, 0.2) is 0 Å². The van der Waals surface area contributed by atoms with E-state index in [1.54, 1.807) is 0 Å². The Balaban J connectivity index is 1.56. The maximum absolute atomic E-state index is 10.8. The Morgan fingerprint density at radius 3 is 2.06 bits per heavy atom. The summed E-state index contributed by atoms with van der Waals surface area (Å²) in [5, 5.41) is 8.92. The van der Waals surface area contributed by atoms with Crippen LogP contribution in [0.1, 0.15) is 32.1 Å². The Bertz CT molecular complexity index is 244. The molecular formula is C13H24N2O2. The summed E-state index contributed by atoms with van der Waals surface area (Å²) in [4.78, 5) is 15.8. The maximum atomic E-state index is 10.8. The molecule has 1 N–H and O–H groups in total. The van der Waals surface area contributed by atoms with Crippen molar-refractivity contribution in [1.82, 2.24) is 9.80 Å². The van der Waals surface area contributed by atoms with Gasteiger partial charge in [0.05, 0.1) is 5.92 Å². The number of carboxylic acid groups (broad SMARTS) is 1. The van der Waals surface area contributed by atoms with E-state index in [0.29, 0.717) is 0 Å². The van der Waals surface area contributed by atoms with E-state index in [0.717, 1.165) is 32.5 Å². The minimum atomic E-state index is -0.610. The molecule has 2 rings (SSSR count). The molecule has 4 nitrogen and oxygen atoms in total. The van der Waals surface area contributed by atoms with Crippen LogP contribution in [0.2, 0.25) is 0 Å². The number of aliphatic carboxylic acids is 1. The zero-order valence-corrected chi connectivity index (χ0v) is 10.6. The van der Waals surface area contributed by atoms with E-state index in [4.69, 9.17) is 5.11 Å². The second-order valence-electron chi connectivity index (χ2n) is 5.36. The molecule has 4 heteroatoms. The van der Waals surface area contributed by atoms with Crippen LogP contribution in [0, 0.1) is 5.92 Å². The zero-order valence-electron chi connectivity index (χ0n) is 10.6. The highest BCUT2D eigenvalue weighted by Gasteiger charge is 2.24. The second-order valence-corrected chi connectivity index (χ2v) is 5.36. The first-order chi connectivity index (χ1) is 8.25. The van der Waals surface area contributed by atoms with Gasteiger partial charge in [-0.1, -0.05) is 0 Å². The molecule has 2 saturated heterocycles. The van der Waals surface area contributed by atoms with Crippen LogP contribution in [0.3, 0.4) is 0 Å². The highest BCUT2D eigenvalue weighted by atomic mass is 16.4. The lowest BCUT2D eigenvalue weighted by Gasteiger charge is -2.30. The van der Waals surface area contributed by atoms with Crippen LogP contribution >= 0.6 is 0 Å². The van der Waals surface area contributed by atoms with E-state index in [2.05, 4.69) is 9.80 Å². The van der Waals surface area contributed by atoms with E-state index in [-0.39, 0.29) is 5.92 Å². The zero-order chi connectivity index (χ0) is 12.1. The molecule has 0 aromatic heterocycles. The highest BCUT2D eigenvalue weighted by Crippen LogP contribution is 2.17. The first-order valence-corrected chi connectivity index (χ1v) is 6.93. The van der Waals surface area contributed by atoms with Gasteiger partial charge in [0.15, 0.2) is 0 Å². The molecule has 2 fully saturated rings. The molecule has 0 saturated carbocycles. The standard InChI is InChI=1S/C13H24N2O2/c16-13(17)12-4-10-15(11-5-12)9-3-8-14-6-1-2-7-14/h12H,1-11H2,(H,16,17). The number of hydrogen-bond donors (Lipinski definition) is 1. The van der Waals surface area contributed by atoms with Crippen molar-refractivity contribution in [3.05, 3.63) is 0 Å². The fraction of sp³-hybridized carbons (Fsp3) is 0.923. The molecule has 0 aromatic rings. The summed E-state index contributed by atoms with van der Waals surface area (Å²) in [7, 11) is 0. The number of carboxylic acids is 1. The third kappa shape index (κ3) is 3.96. The molecule has 0 unspecified atom stereocenters. The number of carbonyl (C=O) groups is 1. The van der Waals surface area contributed by atoms with Gasteiger partial charge in [0.2, 0.25) is 0 Å². The average molecular weight is 240 g/mol. The maximum Gasteiger partial charge on any atom is 0.306 e. The Morgan fingerprint density at radius 1 is 1.00 bits per heavy atom. The van der Waals surface area contributed by atoms with Crippen LogP contribution < -0.4 is 0 Å². The predicted molar refractivity (Wildman–Crippen MR) is 67.1 cm³/mol. The quantitative estimate of drug-likeness (QED) is 0.786. The molecule has 17 heavy (non-hydrogen) atoms. The molecule has 98 valence electrons. The van der Waals surface area contributed by atoms with Crippen molar-refractivity contribution in [2.45, 2.75) is 32.1 Å². The van der Waals surface area contributed by atoms with Crippen molar-refractivity contribution < 1.29 is 9.90 Å². The minimum Gasteiger partial charge on any atom is -0.481 e. The monoisotopic (exact) mass is 240 g/mol. The fourth-order valence-corrected chi connectivity index (χ4v) is 2.93. The summed E-state index contributed by atoms with van der Waals surface area (Å²) in [5.74, 6) is -0.702. The Hall–Kier alpha value is -0.610. The SMILES string of the molecule is O=C(O)C1CCN(CCCN2CCCC2)CC1. The minimum absolute atomic E-state index is 0.0927. The smallest absolute Gasteiger partial charge is 0.306 e. The van der Waals surface area contributed by atoms with Crippen molar-refractivity contribution >= 4 is 5.97 Å². The van der Waals surface area contributed by atoms with Crippen molar-refractivity contribution in [3.63, 3.8) is 0 Å². The largest absolute Gasteiger partial charge is 0.481 e. The van der Waals surface area contributed by atoms with Gasteiger partial charge in [0.25, 0.3) is 0 Å². The van der Waals surface area contributed by atoms with Gasteiger partial charge in [-0.25, -0.2) is 0 Å². The summed E-state index contributed by atoms with van der Waals surface area (Å²) in [6.45, 7) is 6.86. The predicted octanol–water partition coefficient (Wildman–Crippen LogP) is 1.27. The van der Waals surface area contributed by atoms with E-state index >= 15 is 0 Å². The van der Waals surface area contributed by atoms with Crippen molar-refractivity contribution in [2.24, 2.45) is 5.92 Å². The van der Waals surface area contributed by atoms with Crippen LogP contribution in [0.5, 0.6) is 0 Å². The van der Waals surface area contributed by atoms with Crippen LogP contribution in [-0.4, -0.2) is 60.1 Å². The molecule has 0 radical (unpaired) electrons. The lowest BCUT2D eigenvalue weighted by atomic mass is 9.97. The first-order valence-electron chi connectivity index (χ1n) is 6.93. The molecule has 2 heterocycles.